The van der Waals surface area contributed by atoms with E-state index in [1.54, 1.807) is 31.3 Å². The van der Waals surface area contributed by atoms with Gasteiger partial charge in [-0.1, -0.05) is 28.1 Å². The van der Waals surface area contributed by atoms with Gasteiger partial charge in [0.25, 0.3) is 11.6 Å². The zero-order chi connectivity index (χ0) is 17.7. The summed E-state index contributed by atoms with van der Waals surface area (Å²) in [6.07, 6.45) is 0. The van der Waals surface area contributed by atoms with Crippen LogP contribution < -0.4 is 4.74 Å². The van der Waals surface area contributed by atoms with Crippen LogP contribution in [0, 0.1) is 10.1 Å². The number of ether oxygens (including phenoxy) is 1. The van der Waals surface area contributed by atoms with Crippen LogP contribution in [0.5, 0.6) is 5.75 Å². The SMILES string of the molecule is C[C@H](c1cccc([N+](=O)[O-])c1)N(C)C(=O)COc1ccc(Br)cc1. The number of carbonyl (C=O) groups excluding carboxylic acids is 1. The van der Waals surface area contributed by atoms with E-state index in [0.29, 0.717) is 11.3 Å². The highest BCUT2D eigenvalue weighted by Crippen LogP contribution is 2.23. The number of hydrogen-bond donors (Lipinski definition) is 0. The number of rotatable bonds is 6. The first-order chi connectivity index (χ1) is 11.4. The summed E-state index contributed by atoms with van der Waals surface area (Å²) < 4.78 is 6.40. The first-order valence-corrected chi connectivity index (χ1v) is 8.06. The first kappa shape index (κ1) is 17.9. The van der Waals surface area contributed by atoms with E-state index in [2.05, 4.69) is 15.9 Å². The van der Waals surface area contributed by atoms with Gasteiger partial charge in [0.2, 0.25) is 0 Å². The lowest BCUT2D eigenvalue weighted by Crippen LogP contribution is -2.33. The molecule has 0 bridgehead atoms. The molecule has 0 N–H and O–H groups in total. The molecule has 0 fully saturated rings. The van der Waals surface area contributed by atoms with Crippen LogP contribution in [-0.4, -0.2) is 29.4 Å². The van der Waals surface area contributed by atoms with Crippen molar-refractivity contribution in [1.29, 1.82) is 0 Å². The van der Waals surface area contributed by atoms with E-state index >= 15 is 0 Å². The zero-order valence-electron chi connectivity index (χ0n) is 13.3. The number of halogens is 1. The monoisotopic (exact) mass is 392 g/mol. The van der Waals surface area contributed by atoms with Crippen LogP contribution in [0.15, 0.2) is 53.0 Å². The van der Waals surface area contributed by atoms with Crippen LogP contribution in [-0.2, 0) is 4.79 Å². The number of nitro groups is 1. The van der Waals surface area contributed by atoms with E-state index in [9.17, 15) is 14.9 Å². The third kappa shape index (κ3) is 4.55. The van der Waals surface area contributed by atoms with Crippen LogP contribution in [0.3, 0.4) is 0 Å². The molecule has 0 aliphatic rings. The van der Waals surface area contributed by atoms with Crippen LogP contribution >= 0.6 is 15.9 Å². The van der Waals surface area contributed by atoms with Crippen molar-refractivity contribution in [1.82, 2.24) is 4.90 Å². The maximum Gasteiger partial charge on any atom is 0.269 e. The molecule has 0 aliphatic carbocycles. The average molecular weight is 393 g/mol. The van der Waals surface area contributed by atoms with Gasteiger partial charge >= 0.3 is 0 Å². The molecule has 0 heterocycles. The molecule has 1 amide bonds. The Labute approximate surface area is 148 Å². The molecule has 0 unspecified atom stereocenters. The summed E-state index contributed by atoms with van der Waals surface area (Å²) >= 11 is 3.33. The molecule has 0 saturated heterocycles. The van der Waals surface area contributed by atoms with Gasteiger partial charge < -0.3 is 9.64 Å². The Balaban J connectivity index is 2.00. The molecule has 126 valence electrons. The van der Waals surface area contributed by atoms with Crippen molar-refractivity contribution in [2.45, 2.75) is 13.0 Å². The van der Waals surface area contributed by atoms with Crippen LogP contribution in [0.1, 0.15) is 18.5 Å². The van der Waals surface area contributed by atoms with Crippen molar-refractivity contribution < 1.29 is 14.5 Å². The highest BCUT2D eigenvalue weighted by molar-refractivity contribution is 9.10. The second-order valence-corrected chi connectivity index (χ2v) is 6.19. The average Bonchev–Trinajstić information content (AvgIpc) is 2.59. The number of likely N-dealkylation sites (N-methyl/N-ethyl adjacent to an activating group) is 1. The lowest BCUT2D eigenvalue weighted by Gasteiger charge is -2.25. The summed E-state index contributed by atoms with van der Waals surface area (Å²) in [5.74, 6) is 0.389. The summed E-state index contributed by atoms with van der Waals surface area (Å²) in [6.45, 7) is 1.72. The summed E-state index contributed by atoms with van der Waals surface area (Å²) in [6, 6.07) is 13.2. The van der Waals surface area contributed by atoms with E-state index in [-0.39, 0.29) is 24.2 Å². The smallest absolute Gasteiger partial charge is 0.269 e. The van der Waals surface area contributed by atoms with Gasteiger partial charge in [0.05, 0.1) is 11.0 Å². The number of non-ortho nitro benzene ring substituents is 1. The van der Waals surface area contributed by atoms with Crippen molar-refractivity contribution in [2.24, 2.45) is 0 Å². The Hall–Kier alpha value is -2.41. The van der Waals surface area contributed by atoms with Crippen molar-refractivity contribution in [3.63, 3.8) is 0 Å². The van der Waals surface area contributed by atoms with Crippen molar-refractivity contribution in [3.8, 4) is 5.75 Å². The fourth-order valence-corrected chi connectivity index (χ4v) is 2.38. The minimum absolute atomic E-state index is 0.00584. The zero-order valence-corrected chi connectivity index (χ0v) is 14.9. The van der Waals surface area contributed by atoms with Crippen LogP contribution in [0.2, 0.25) is 0 Å². The molecule has 0 aliphatic heterocycles. The molecule has 0 saturated carbocycles. The predicted molar refractivity (Wildman–Crippen MR) is 93.9 cm³/mol. The largest absolute Gasteiger partial charge is 0.484 e. The molecular weight excluding hydrogens is 376 g/mol. The Morgan fingerprint density at radius 3 is 2.58 bits per heavy atom. The van der Waals surface area contributed by atoms with Gasteiger partial charge in [0, 0.05) is 23.7 Å². The fraction of sp³-hybridized carbons (Fsp3) is 0.235. The topological polar surface area (TPSA) is 72.7 Å². The molecule has 0 spiro atoms. The van der Waals surface area contributed by atoms with E-state index in [1.807, 2.05) is 19.1 Å². The lowest BCUT2D eigenvalue weighted by atomic mass is 10.1. The van der Waals surface area contributed by atoms with Gasteiger partial charge in [0.15, 0.2) is 6.61 Å². The second kappa shape index (κ2) is 7.92. The number of hydrogen-bond acceptors (Lipinski definition) is 4. The lowest BCUT2D eigenvalue weighted by molar-refractivity contribution is -0.384. The molecule has 24 heavy (non-hydrogen) atoms. The van der Waals surface area contributed by atoms with Gasteiger partial charge in [0.1, 0.15) is 5.75 Å². The van der Waals surface area contributed by atoms with Gasteiger partial charge in [-0.25, -0.2) is 0 Å². The Morgan fingerprint density at radius 2 is 1.96 bits per heavy atom. The molecular formula is C17H17BrN2O4. The summed E-state index contributed by atoms with van der Waals surface area (Å²) in [7, 11) is 1.65. The molecule has 0 aromatic heterocycles. The van der Waals surface area contributed by atoms with Crippen molar-refractivity contribution in [2.75, 3.05) is 13.7 Å². The maximum absolute atomic E-state index is 12.3. The minimum Gasteiger partial charge on any atom is -0.484 e. The number of amides is 1. The third-order valence-electron chi connectivity index (χ3n) is 3.71. The predicted octanol–water partition coefficient (Wildman–Crippen LogP) is 3.96. The van der Waals surface area contributed by atoms with Crippen LogP contribution in [0.4, 0.5) is 5.69 Å². The quantitative estimate of drug-likeness (QED) is 0.550. The summed E-state index contributed by atoms with van der Waals surface area (Å²) in [5, 5.41) is 10.9. The number of nitrogens with zero attached hydrogens (tertiary/aromatic N) is 2. The van der Waals surface area contributed by atoms with Gasteiger partial charge in [-0.2, -0.15) is 0 Å². The number of nitro benzene ring substituents is 1. The highest BCUT2D eigenvalue weighted by Gasteiger charge is 2.19. The number of carbonyl (C=O) groups is 1. The molecule has 0 radical (unpaired) electrons. The van der Waals surface area contributed by atoms with Crippen LogP contribution in [0.25, 0.3) is 0 Å². The Kier molecular flexibility index (Phi) is 5.92. The Bertz CT molecular complexity index is 734. The van der Waals surface area contributed by atoms with E-state index in [1.165, 1.54) is 17.0 Å². The van der Waals surface area contributed by atoms with Gasteiger partial charge in [-0.05, 0) is 36.8 Å². The fourth-order valence-electron chi connectivity index (χ4n) is 2.12. The molecule has 2 aromatic carbocycles. The summed E-state index contributed by atoms with van der Waals surface area (Å²) in [5.41, 5.74) is 0.704. The number of benzene rings is 2. The van der Waals surface area contributed by atoms with E-state index < -0.39 is 4.92 Å². The molecule has 7 heteroatoms. The van der Waals surface area contributed by atoms with Gasteiger partial charge in [-0.3, -0.25) is 14.9 Å². The van der Waals surface area contributed by atoms with E-state index in [0.717, 1.165) is 4.47 Å². The minimum atomic E-state index is -0.450. The van der Waals surface area contributed by atoms with Crippen molar-refractivity contribution >= 4 is 27.5 Å². The van der Waals surface area contributed by atoms with E-state index in [4.69, 9.17) is 4.74 Å². The first-order valence-electron chi connectivity index (χ1n) is 7.27. The molecule has 2 aromatic rings. The summed E-state index contributed by atoms with van der Waals surface area (Å²) in [4.78, 5) is 24.2. The highest BCUT2D eigenvalue weighted by atomic mass is 79.9. The Morgan fingerprint density at radius 1 is 1.29 bits per heavy atom. The van der Waals surface area contributed by atoms with Crippen molar-refractivity contribution in [3.05, 3.63) is 68.7 Å². The van der Waals surface area contributed by atoms with Gasteiger partial charge in [-0.15, -0.1) is 0 Å². The maximum atomic E-state index is 12.3. The second-order valence-electron chi connectivity index (χ2n) is 5.28. The normalized spacial score (nSPS) is 11.6. The molecule has 1 atom stereocenters. The third-order valence-corrected chi connectivity index (χ3v) is 4.24. The standard InChI is InChI=1S/C17H17BrN2O4/c1-12(13-4-3-5-15(10-13)20(22)23)19(2)17(21)11-24-16-8-6-14(18)7-9-16/h3-10,12H,11H2,1-2H3/t12-/m1/s1. The molecule has 6 nitrogen and oxygen atoms in total. The molecule has 2 rings (SSSR count).